The normalized spacial score (nSPS) is 11.0. The average molecular weight is 173 g/mol. The second kappa shape index (κ2) is 8.24. The molecule has 3 heteroatoms. The fourth-order valence-electron chi connectivity index (χ4n) is 0.807. The van der Waals surface area contributed by atoms with Crippen LogP contribution in [0.2, 0.25) is 0 Å². The van der Waals surface area contributed by atoms with Gasteiger partial charge in [0, 0.05) is 5.92 Å². The van der Waals surface area contributed by atoms with Crippen molar-refractivity contribution in [3.63, 3.8) is 0 Å². The minimum absolute atomic E-state index is 0.206. The van der Waals surface area contributed by atoms with Crippen molar-refractivity contribution in [1.29, 1.82) is 0 Å². The Bertz CT molecular complexity index is 143. The fourth-order valence-corrected chi connectivity index (χ4v) is 0.807. The molecule has 0 fully saturated rings. The quantitative estimate of drug-likeness (QED) is 0.655. The Labute approximate surface area is 74.3 Å². The summed E-state index contributed by atoms with van der Waals surface area (Å²) in [5.41, 5.74) is 4.78. The molecular formula is C9H19NO2. The highest BCUT2D eigenvalue weighted by Gasteiger charge is 2.16. The predicted molar refractivity (Wildman–Crippen MR) is 49.6 cm³/mol. The van der Waals surface area contributed by atoms with Crippen molar-refractivity contribution in [2.24, 2.45) is 11.7 Å². The monoisotopic (exact) mass is 173 g/mol. The smallest absolute Gasteiger partial charge is 0.285 e. The van der Waals surface area contributed by atoms with E-state index in [-0.39, 0.29) is 5.92 Å². The van der Waals surface area contributed by atoms with Crippen LogP contribution < -0.4 is 5.73 Å². The van der Waals surface area contributed by atoms with Crippen LogP contribution in [-0.2, 0) is 9.59 Å². The minimum atomic E-state index is -0.819. The molecule has 1 amide bonds. The van der Waals surface area contributed by atoms with E-state index in [0.29, 0.717) is 0 Å². The van der Waals surface area contributed by atoms with Gasteiger partial charge in [-0.15, -0.1) is 0 Å². The first-order valence-electron chi connectivity index (χ1n) is 4.43. The molecule has 1 unspecified atom stereocenters. The zero-order valence-electron chi connectivity index (χ0n) is 8.39. The Balaban J connectivity index is 0. The molecule has 3 nitrogen and oxygen atoms in total. The molecule has 0 rings (SSSR count). The molecule has 0 spiro atoms. The van der Waals surface area contributed by atoms with Gasteiger partial charge in [0.2, 0.25) is 5.78 Å². The first-order chi connectivity index (χ1) is 5.59. The zero-order chi connectivity index (χ0) is 10.1. The van der Waals surface area contributed by atoms with E-state index in [1.807, 2.05) is 20.8 Å². The van der Waals surface area contributed by atoms with Gasteiger partial charge >= 0.3 is 0 Å². The number of carbonyl (C=O) groups excluding carboxylic acids is 2. The summed E-state index contributed by atoms with van der Waals surface area (Å²) in [6.07, 6.45) is 1.64. The van der Waals surface area contributed by atoms with E-state index in [0.717, 1.165) is 12.8 Å². The van der Waals surface area contributed by atoms with Gasteiger partial charge in [-0.1, -0.05) is 34.1 Å². The lowest BCUT2D eigenvalue weighted by Crippen LogP contribution is -2.28. The van der Waals surface area contributed by atoms with Crippen molar-refractivity contribution in [2.45, 2.75) is 40.5 Å². The minimum Gasteiger partial charge on any atom is -0.363 e. The van der Waals surface area contributed by atoms with Crippen LogP contribution in [0.4, 0.5) is 0 Å². The van der Waals surface area contributed by atoms with Crippen LogP contribution in [0.15, 0.2) is 0 Å². The van der Waals surface area contributed by atoms with E-state index in [1.165, 1.54) is 0 Å². The Morgan fingerprint density at radius 1 is 1.33 bits per heavy atom. The number of ketones is 1. The highest BCUT2D eigenvalue weighted by atomic mass is 16.2. The van der Waals surface area contributed by atoms with Crippen LogP contribution in [0, 0.1) is 5.92 Å². The fraction of sp³-hybridized carbons (Fsp3) is 0.778. The van der Waals surface area contributed by atoms with Crippen molar-refractivity contribution in [1.82, 2.24) is 0 Å². The first kappa shape index (κ1) is 13.7. The lowest BCUT2D eigenvalue weighted by Gasteiger charge is -2.03. The maximum absolute atomic E-state index is 10.8. The highest BCUT2D eigenvalue weighted by Crippen LogP contribution is 2.05. The van der Waals surface area contributed by atoms with E-state index >= 15 is 0 Å². The second-order valence-electron chi connectivity index (χ2n) is 2.42. The van der Waals surface area contributed by atoms with Crippen molar-refractivity contribution < 1.29 is 9.59 Å². The summed E-state index contributed by atoms with van der Waals surface area (Å²) in [5.74, 6) is -1.48. The molecule has 72 valence electrons. The molecule has 0 aromatic rings. The van der Waals surface area contributed by atoms with E-state index in [1.54, 1.807) is 6.92 Å². The van der Waals surface area contributed by atoms with E-state index in [2.05, 4.69) is 0 Å². The number of rotatable bonds is 4. The van der Waals surface area contributed by atoms with Gasteiger partial charge in [0.15, 0.2) is 0 Å². The van der Waals surface area contributed by atoms with E-state index in [4.69, 9.17) is 5.73 Å². The van der Waals surface area contributed by atoms with Crippen LogP contribution in [0.3, 0.4) is 0 Å². The number of primary amides is 1. The summed E-state index contributed by atoms with van der Waals surface area (Å²) in [6.45, 7) is 7.68. The van der Waals surface area contributed by atoms with Crippen molar-refractivity contribution >= 4 is 11.7 Å². The molecule has 12 heavy (non-hydrogen) atoms. The van der Waals surface area contributed by atoms with Gasteiger partial charge in [-0.2, -0.15) is 0 Å². The largest absolute Gasteiger partial charge is 0.363 e. The van der Waals surface area contributed by atoms with Gasteiger partial charge in [-0.3, -0.25) is 9.59 Å². The number of hydrogen-bond donors (Lipinski definition) is 1. The number of nitrogens with two attached hydrogens (primary N) is 1. The van der Waals surface area contributed by atoms with Gasteiger partial charge in [0.1, 0.15) is 0 Å². The van der Waals surface area contributed by atoms with Gasteiger partial charge < -0.3 is 5.73 Å². The number of hydrogen-bond acceptors (Lipinski definition) is 2. The van der Waals surface area contributed by atoms with Gasteiger partial charge in [-0.25, -0.2) is 0 Å². The topological polar surface area (TPSA) is 60.2 Å². The number of carbonyl (C=O) groups is 2. The molecule has 0 aliphatic heterocycles. The highest BCUT2D eigenvalue weighted by molar-refractivity contribution is 6.36. The zero-order valence-corrected chi connectivity index (χ0v) is 8.39. The molecule has 0 aliphatic rings. The SMILES string of the molecule is CC.CCCC(C)C(=O)C(N)=O. The average Bonchev–Trinajstić information content (AvgIpc) is 2.07. The standard InChI is InChI=1S/C7H13NO2.C2H6/c1-3-4-5(2)6(9)7(8)10;1-2/h5H,3-4H2,1-2H3,(H2,8,10);1-2H3. The molecule has 2 N–H and O–H groups in total. The van der Waals surface area contributed by atoms with Crippen molar-refractivity contribution in [2.75, 3.05) is 0 Å². The molecule has 0 bridgehead atoms. The molecular weight excluding hydrogens is 154 g/mol. The van der Waals surface area contributed by atoms with Gasteiger partial charge in [-0.05, 0) is 6.42 Å². The maximum atomic E-state index is 10.8. The lowest BCUT2D eigenvalue weighted by atomic mass is 10.0. The van der Waals surface area contributed by atoms with E-state index in [9.17, 15) is 9.59 Å². The van der Waals surface area contributed by atoms with Crippen LogP contribution >= 0.6 is 0 Å². The molecule has 1 atom stereocenters. The third-order valence-electron chi connectivity index (χ3n) is 1.41. The molecule has 0 aliphatic carbocycles. The first-order valence-corrected chi connectivity index (χ1v) is 4.43. The van der Waals surface area contributed by atoms with Crippen LogP contribution in [0.5, 0.6) is 0 Å². The van der Waals surface area contributed by atoms with Crippen molar-refractivity contribution in [3.8, 4) is 0 Å². The molecule has 0 aromatic heterocycles. The number of amides is 1. The maximum Gasteiger partial charge on any atom is 0.285 e. The molecule has 0 saturated heterocycles. The third kappa shape index (κ3) is 5.89. The van der Waals surface area contributed by atoms with Crippen LogP contribution in [0.1, 0.15) is 40.5 Å². The molecule has 0 saturated carbocycles. The Kier molecular flexibility index (Phi) is 9.41. The Morgan fingerprint density at radius 3 is 2.00 bits per heavy atom. The van der Waals surface area contributed by atoms with Gasteiger partial charge in [0.25, 0.3) is 5.91 Å². The molecule has 0 aromatic carbocycles. The van der Waals surface area contributed by atoms with Crippen LogP contribution in [0.25, 0.3) is 0 Å². The lowest BCUT2D eigenvalue weighted by molar-refractivity contribution is -0.138. The summed E-state index contributed by atoms with van der Waals surface area (Å²) in [4.78, 5) is 21.0. The molecule has 0 heterocycles. The third-order valence-corrected chi connectivity index (χ3v) is 1.41. The van der Waals surface area contributed by atoms with Crippen LogP contribution in [-0.4, -0.2) is 11.7 Å². The summed E-state index contributed by atoms with van der Waals surface area (Å²) in [7, 11) is 0. The molecule has 0 radical (unpaired) electrons. The summed E-state index contributed by atoms with van der Waals surface area (Å²) < 4.78 is 0. The van der Waals surface area contributed by atoms with Crippen molar-refractivity contribution in [3.05, 3.63) is 0 Å². The predicted octanol–water partition coefficient (Wildman–Crippen LogP) is 1.50. The van der Waals surface area contributed by atoms with E-state index < -0.39 is 11.7 Å². The summed E-state index contributed by atoms with van der Waals surface area (Å²) >= 11 is 0. The number of Topliss-reactive ketones (excluding diaryl/α,β-unsaturated/α-hetero) is 1. The Hall–Kier alpha value is -0.860. The second-order valence-corrected chi connectivity index (χ2v) is 2.42. The van der Waals surface area contributed by atoms with Gasteiger partial charge in [0.05, 0.1) is 0 Å². The summed E-state index contributed by atoms with van der Waals surface area (Å²) in [6, 6.07) is 0. The summed E-state index contributed by atoms with van der Waals surface area (Å²) in [5, 5.41) is 0. The Morgan fingerprint density at radius 2 is 1.75 bits per heavy atom.